The normalized spacial score (nSPS) is 15.5. The van der Waals surface area contributed by atoms with Crippen LogP contribution in [-0.2, 0) is 57.6 Å². The highest BCUT2D eigenvalue weighted by Crippen LogP contribution is 2.37. The molecule has 0 bridgehead atoms. The second-order valence-electron chi connectivity index (χ2n) is 8.94. The maximum atomic E-state index is 13.3. The van der Waals surface area contributed by atoms with Gasteiger partial charge in [-0.2, -0.15) is 0 Å². The first-order chi connectivity index (χ1) is 15.1. The molecule has 2 aliphatic rings. The summed E-state index contributed by atoms with van der Waals surface area (Å²) in [4.78, 5) is 26.5. The predicted octanol–water partition coefficient (Wildman–Crippen LogP) is 4.56. The molecule has 2 aliphatic carbocycles. The number of ether oxygens (including phenoxy) is 2. The minimum Gasteiger partial charge on any atom is -0.468 e. The van der Waals surface area contributed by atoms with Gasteiger partial charge in [0, 0.05) is 0 Å². The highest BCUT2D eigenvalue weighted by Gasteiger charge is 2.49. The molecule has 0 aliphatic heterocycles. The number of carbonyl (C=O) groups is 2. The highest BCUT2D eigenvalue weighted by atomic mass is 16.5. The molecule has 164 valence electrons. The molecule has 0 N–H and O–H groups in total. The molecule has 0 unspecified atom stereocenters. The molecule has 0 atom stereocenters. The van der Waals surface area contributed by atoms with E-state index in [0.29, 0.717) is 12.8 Å². The minimum absolute atomic E-state index is 0.305. The topological polar surface area (TPSA) is 52.6 Å². The van der Waals surface area contributed by atoms with E-state index in [4.69, 9.17) is 9.47 Å². The third-order valence-corrected chi connectivity index (χ3v) is 7.12. The summed E-state index contributed by atoms with van der Waals surface area (Å²) in [6, 6.07) is 12.6. The second-order valence-corrected chi connectivity index (χ2v) is 8.94. The van der Waals surface area contributed by atoms with Crippen molar-refractivity contribution >= 4 is 11.9 Å². The van der Waals surface area contributed by atoms with Crippen LogP contribution < -0.4 is 0 Å². The van der Waals surface area contributed by atoms with Gasteiger partial charge in [-0.05, 0) is 97.6 Å². The van der Waals surface area contributed by atoms with Gasteiger partial charge in [0.2, 0.25) is 0 Å². The van der Waals surface area contributed by atoms with Gasteiger partial charge in [-0.3, -0.25) is 9.59 Å². The van der Waals surface area contributed by atoms with Crippen LogP contribution in [0.3, 0.4) is 0 Å². The smallest absolute Gasteiger partial charge is 0.323 e. The van der Waals surface area contributed by atoms with Crippen LogP contribution in [0.2, 0.25) is 0 Å². The molecule has 0 saturated heterocycles. The van der Waals surface area contributed by atoms with E-state index in [0.717, 1.165) is 49.7 Å². The van der Waals surface area contributed by atoms with Gasteiger partial charge in [-0.15, -0.1) is 0 Å². The van der Waals surface area contributed by atoms with Gasteiger partial charge in [-0.25, -0.2) is 0 Å². The first kappa shape index (κ1) is 21.6. The third-order valence-electron chi connectivity index (χ3n) is 7.12. The molecule has 0 spiro atoms. The number of carbonyl (C=O) groups excluding carboxylic acids is 2. The predicted molar refractivity (Wildman–Crippen MR) is 120 cm³/mol. The standard InChI is InChI=1S/C27H32O4/c1-30-25(28)27(26(29)31-2,17-21-13-7-11-19-9-3-5-15-23(19)21)18-22-14-8-12-20-10-4-6-16-24(20)22/h7-8,11-14H,3-6,9-10,15-18H2,1-2H3. The van der Waals surface area contributed by atoms with Crippen LogP contribution in [0.15, 0.2) is 36.4 Å². The summed E-state index contributed by atoms with van der Waals surface area (Å²) in [5.74, 6) is -1.03. The Labute approximate surface area is 185 Å². The van der Waals surface area contributed by atoms with E-state index in [1.807, 2.05) is 12.1 Å². The summed E-state index contributed by atoms with van der Waals surface area (Å²) in [6.07, 6.45) is 9.35. The number of aryl methyl sites for hydroxylation is 2. The van der Waals surface area contributed by atoms with Gasteiger partial charge < -0.3 is 9.47 Å². The Kier molecular flexibility index (Phi) is 6.45. The van der Waals surface area contributed by atoms with E-state index in [1.165, 1.54) is 49.3 Å². The van der Waals surface area contributed by atoms with E-state index in [2.05, 4.69) is 24.3 Å². The molecule has 4 nitrogen and oxygen atoms in total. The Bertz CT molecular complexity index is 896. The van der Waals surface area contributed by atoms with E-state index in [9.17, 15) is 9.59 Å². The van der Waals surface area contributed by atoms with Crippen molar-refractivity contribution in [2.75, 3.05) is 14.2 Å². The van der Waals surface area contributed by atoms with Gasteiger partial charge >= 0.3 is 11.9 Å². The summed E-state index contributed by atoms with van der Waals surface area (Å²) >= 11 is 0. The first-order valence-corrected chi connectivity index (χ1v) is 11.4. The van der Waals surface area contributed by atoms with Gasteiger partial charge in [0.15, 0.2) is 5.41 Å². The summed E-state index contributed by atoms with van der Waals surface area (Å²) in [5.41, 5.74) is 6.01. The van der Waals surface area contributed by atoms with E-state index in [1.54, 1.807) is 0 Å². The Morgan fingerprint density at radius 3 is 1.55 bits per heavy atom. The average molecular weight is 421 g/mol. The van der Waals surface area contributed by atoms with Gasteiger partial charge in [0.05, 0.1) is 14.2 Å². The Balaban J connectivity index is 1.80. The lowest BCUT2D eigenvalue weighted by atomic mass is 9.72. The number of rotatable bonds is 6. The van der Waals surface area contributed by atoms with Crippen LogP contribution in [0.5, 0.6) is 0 Å². The molecule has 31 heavy (non-hydrogen) atoms. The van der Waals surface area contributed by atoms with Crippen LogP contribution in [0.1, 0.15) is 59.1 Å². The summed E-state index contributed by atoms with van der Waals surface area (Å²) in [6.45, 7) is 0. The number of hydrogen-bond acceptors (Lipinski definition) is 4. The summed E-state index contributed by atoms with van der Waals surface area (Å²) in [7, 11) is 2.72. The molecule has 4 rings (SSSR count). The van der Waals surface area contributed by atoms with Crippen LogP contribution in [0.25, 0.3) is 0 Å². The van der Waals surface area contributed by atoms with Crippen molar-refractivity contribution < 1.29 is 19.1 Å². The third kappa shape index (κ3) is 4.13. The zero-order valence-electron chi connectivity index (χ0n) is 18.7. The molecule has 4 heteroatoms. The van der Waals surface area contributed by atoms with Crippen molar-refractivity contribution in [3.8, 4) is 0 Å². The van der Waals surface area contributed by atoms with Crippen molar-refractivity contribution in [2.24, 2.45) is 5.41 Å². The number of hydrogen-bond donors (Lipinski definition) is 0. The molecule has 0 heterocycles. The monoisotopic (exact) mass is 420 g/mol. The maximum absolute atomic E-state index is 13.3. The second kappa shape index (κ2) is 9.25. The average Bonchev–Trinajstić information content (AvgIpc) is 2.83. The first-order valence-electron chi connectivity index (χ1n) is 11.4. The lowest BCUT2D eigenvalue weighted by molar-refractivity contribution is -0.169. The number of benzene rings is 2. The summed E-state index contributed by atoms with van der Waals surface area (Å²) < 4.78 is 10.5. The Morgan fingerprint density at radius 1 is 0.710 bits per heavy atom. The quantitative estimate of drug-likeness (QED) is 0.508. The fourth-order valence-corrected chi connectivity index (χ4v) is 5.53. The van der Waals surface area contributed by atoms with Crippen LogP contribution in [-0.4, -0.2) is 26.2 Å². The number of fused-ring (bicyclic) bond motifs is 2. The molecule has 2 aromatic rings. The zero-order valence-corrected chi connectivity index (χ0v) is 18.7. The Morgan fingerprint density at radius 2 is 1.13 bits per heavy atom. The molecule has 0 amide bonds. The highest BCUT2D eigenvalue weighted by molar-refractivity contribution is 6.00. The maximum Gasteiger partial charge on any atom is 0.323 e. The van der Waals surface area contributed by atoms with E-state index < -0.39 is 17.4 Å². The molecule has 0 aromatic heterocycles. The van der Waals surface area contributed by atoms with Crippen molar-refractivity contribution in [3.63, 3.8) is 0 Å². The lowest BCUT2D eigenvalue weighted by Crippen LogP contribution is -2.45. The molecule has 0 radical (unpaired) electrons. The lowest BCUT2D eigenvalue weighted by Gasteiger charge is -2.32. The number of esters is 2. The molecular weight excluding hydrogens is 388 g/mol. The van der Waals surface area contributed by atoms with Crippen LogP contribution >= 0.6 is 0 Å². The van der Waals surface area contributed by atoms with Crippen LogP contribution in [0.4, 0.5) is 0 Å². The molecule has 2 aromatic carbocycles. The summed E-state index contributed by atoms with van der Waals surface area (Å²) in [5, 5.41) is 0. The fourth-order valence-electron chi connectivity index (χ4n) is 5.53. The van der Waals surface area contributed by atoms with Crippen molar-refractivity contribution in [3.05, 3.63) is 69.8 Å². The van der Waals surface area contributed by atoms with Crippen molar-refractivity contribution in [1.82, 2.24) is 0 Å². The van der Waals surface area contributed by atoms with Gasteiger partial charge in [0.1, 0.15) is 0 Å². The number of methoxy groups -OCH3 is 2. The fraction of sp³-hybridized carbons (Fsp3) is 0.481. The Hall–Kier alpha value is -2.62. The largest absolute Gasteiger partial charge is 0.468 e. The van der Waals surface area contributed by atoms with E-state index >= 15 is 0 Å². The SMILES string of the molecule is COC(=O)C(Cc1cccc2c1CCCC2)(Cc1cccc2c1CCCC2)C(=O)OC. The molecular formula is C27H32O4. The van der Waals surface area contributed by atoms with Crippen molar-refractivity contribution in [1.29, 1.82) is 0 Å². The van der Waals surface area contributed by atoms with Crippen molar-refractivity contribution in [2.45, 2.75) is 64.2 Å². The molecule has 0 saturated carbocycles. The zero-order chi connectivity index (χ0) is 21.8. The van der Waals surface area contributed by atoms with Crippen LogP contribution in [0, 0.1) is 5.41 Å². The molecule has 0 fully saturated rings. The minimum atomic E-state index is -1.39. The van der Waals surface area contributed by atoms with Gasteiger partial charge in [0.25, 0.3) is 0 Å². The van der Waals surface area contributed by atoms with Gasteiger partial charge in [-0.1, -0.05) is 36.4 Å². The van der Waals surface area contributed by atoms with E-state index in [-0.39, 0.29) is 0 Å².